The lowest BCUT2D eigenvalue weighted by Crippen LogP contribution is -2.01. The van der Waals surface area contributed by atoms with Gasteiger partial charge in [0.1, 0.15) is 0 Å². The zero-order valence-electron chi connectivity index (χ0n) is 8.93. The third-order valence-electron chi connectivity index (χ3n) is 2.61. The molecular weight excluding hydrogens is 255 g/mol. The topological polar surface area (TPSA) is 34.2 Å². The summed E-state index contributed by atoms with van der Waals surface area (Å²) in [6, 6.07) is 6.06. The molecule has 1 aromatic heterocycles. The average molecular weight is 271 g/mol. The Morgan fingerprint density at radius 2 is 2.06 bits per heavy atom. The first kappa shape index (κ1) is 12.3. The number of anilines is 1. The standard InChI is InChI=1S/C10H16N3P3/c11-9-3-1-2-8-7(4-5-13(15)16)6-12(14)10(8)9/h1-3,6H,4-5,11,14-16H2. The zero-order chi connectivity index (χ0) is 11.7. The number of fused-ring (bicyclic) bond motifs is 1. The van der Waals surface area contributed by atoms with E-state index < -0.39 is 0 Å². The molecule has 0 radical (unpaired) electrons. The van der Waals surface area contributed by atoms with E-state index in [0.29, 0.717) is 0 Å². The van der Waals surface area contributed by atoms with Crippen LogP contribution in [0.15, 0.2) is 24.4 Å². The first-order valence-corrected chi connectivity index (χ1v) is 6.55. The number of nitrogen functional groups attached to an aromatic ring is 1. The third-order valence-corrected chi connectivity index (χ3v) is 3.53. The Bertz CT molecular complexity index is 507. The van der Waals surface area contributed by atoms with E-state index in [9.17, 15) is 0 Å². The van der Waals surface area contributed by atoms with E-state index in [4.69, 9.17) is 5.73 Å². The van der Waals surface area contributed by atoms with E-state index in [1.807, 2.05) is 20.9 Å². The summed E-state index contributed by atoms with van der Waals surface area (Å²) in [5.41, 5.74) is 9.22. The largest absolute Gasteiger partial charge is 0.397 e. The summed E-state index contributed by atoms with van der Waals surface area (Å²) in [6.07, 6.45) is 3.14. The van der Waals surface area contributed by atoms with Gasteiger partial charge in [0.15, 0.2) is 0 Å². The highest BCUT2D eigenvalue weighted by molar-refractivity contribution is 7.30. The Kier molecular flexibility index (Phi) is 3.82. The monoisotopic (exact) mass is 271 g/mol. The summed E-state index contributed by atoms with van der Waals surface area (Å²) >= 11 is 0. The van der Waals surface area contributed by atoms with Crippen LogP contribution in [0.3, 0.4) is 0 Å². The second-order valence-corrected chi connectivity index (χ2v) is 6.27. The van der Waals surface area contributed by atoms with Crippen molar-refractivity contribution in [2.75, 3.05) is 12.3 Å². The van der Waals surface area contributed by atoms with Crippen molar-refractivity contribution in [2.45, 2.75) is 6.42 Å². The normalized spacial score (nSPS) is 11.5. The van der Waals surface area contributed by atoms with Gasteiger partial charge in [0.25, 0.3) is 0 Å². The fourth-order valence-corrected chi connectivity index (χ4v) is 2.59. The Morgan fingerprint density at radius 3 is 2.75 bits per heavy atom. The maximum Gasteiger partial charge on any atom is 0.0745 e. The lowest BCUT2D eigenvalue weighted by molar-refractivity contribution is 0.728. The molecule has 3 unspecified atom stereocenters. The summed E-state index contributed by atoms with van der Waals surface area (Å²) in [4.78, 5) is 0. The first-order valence-electron chi connectivity index (χ1n) is 5.00. The van der Waals surface area contributed by atoms with Gasteiger partial charge in [-0.25, -0.2) is 0 Å². The molecule has 0 bridgehead atoms. The Hall–Kier alpha value is -0.190. The molecule has 0 spiro atoms. The number of aromatic nitrogens is 1. The molecule has 1 heterocycles. The molecule has 3 nitrogen and oxygen atoms in total. The van der Waals surface area contributed by atoms with Crippen LogP contribution in [0.1, 0.15) is 5.56 Å². The SMILES string of the molecule is Nc1cccc2c(CCN(P)P)cn(P)c12. The highest BCUT2D eigenvalue weighted by Gasteiger charge is 2.08. The number of hydrogen-bond acceptors (Lipinski definition) is 2. The van der Waals surface area contributed by atoms with Gasteiger partial charge < -0.3 is 10.1 Å². The minimum absolute atomic E-state index is 0.826. The maximum atomic E-state index is 5.97. The molecule has 0 amide bonds. The van der Waals surface area contributed by atoms with Gasteiger partial charge in [-0.1, -0.05) is 30.9 Å². The van der Waals surface area contributed by atoms with Gasteiger partial charge in [0.2, 0.25) is 0 Å². The summed E-state index contributed by atoms with van der Waals surface area (Å²) < 4.78 is 4.05. The molecule has 0 aliphatic carbocycles. The molecule has 0 saturated heterocycles. The maximum absolute atomic E-state index is 5.97. The van der Waals surface area contributed by atoms with Crippen LogP contribution in [0, 0.1) is 0 Å². The number of hydrogen-bond donors (Lipinski definition) is 1. The van der Waals surface area contributed by atoms with Crippen molar-refractivity contribution in [3.8, 4) is 0 Å². The number of para-hydroxylation sites is 1. The summed E-state index contributed by atoms with van der Waals surface area (Å²) in [5.74, 6) is 0. The molecule has 2 rings (SSSR count). The van der Waals surface area contributed by atoms with E-state index in [0.717, 1.165) is 24.2 Å². The molecule has 1 aromatic carbocycles. The van der Waals surface area contributed by atoms with Crippen molar-refractivity contribution in [1.82, 2.24) is 8.78 Å². The van der Waals surface area contributed by atoms with Crippen LogP contribution in [0.25, 0.3) is 10.9 Å². The quantitative estimate of drug-likeness (QED) is 0.686. The van der Waals surface area contributed by atoms with E-state index in [1.165, 1.54) is 10.9 Å². The molecule has 3 atom stereocenters. The van der Waals surface area contributed by atoms with Crippen molar-refractivity contribution in [3.05, 3.63) is 30.0 Å². The molecule has 6 heteroatoms. The predicted octanol–water partition coefficient (Wildman–Crippen LogP) is 2.29. The van der Waals surface area contributed by atoms with Gasteiger partial charge in [-0.2, -0.15) is 0 Å². The van der Waals surface area contributed by atoms with E-state index in [-0.39, 0.29) is 0 Å². The van der Waals surface area contributed by atoms with Gasteiger partial charge in [0, 0.05) is 18.1 Å². The Morgan fingerprint density at radius 1 is 1.31 bits per heavy atom. The smallest absolute Gasteiger partial charge is 0.0745 e. The molecule has 0 aliphatic heterocycles. The van der Waals surface area contributed by atoms with Crippen molar-refractivity contribution in [3.63, 3.8) is 0 Å². The van der Waals surface area contributed by atoms with Gasteiger partial charge in [-0.3, -0.25) is 4.44 Å². The minimum atomic E-state index is 0.826. The van der Waals surface area contributed by atoms with Gasteiger partial charge in [0.05, 0.1) is 11.2 Å². The van der Waals surface area contributed by atoms with Crippen molar-refractivity contribution >= 4 is 44.8 Å². The van der Waals surface area contributed by atoms with Gasteiger partial charge in [-0.15, -0.1) is 0 Å². The molecule has 0 aliphatic rings. The Balaban J connectivity index is 2.43. The molecule has 0 fully saturated rings. The second kappa shape index (κ2) is 4.98. The van der Waals surface area contributed by atoms with E-state index in [1.54, 1.807) is 0 Å². The summed E-state index contributed by atoms with van der Waals surface area (Å²) in [5, 5.41) is 1.24. The predicted molar refractivity (Wildman–Crippen MR) is 81.3 cm³/mol. The minimum Gasteiger partial charge on any atom is -0.397 e. The van der Waals surface area contributed by atoms with Crippen LogP contribution in [-0.2, 0) is 6.42 Å². The molecular formula is C10H16N3P3. The van der Waals surface area contributed by atoms with E-state index >= 15 is 0 Å². The second-order valence-electron chi connectivity index (χ2n) is 3.79. The van der Waals surface area contributed by atoms with Crippen molar-refractivity contribution in [2.24, 2.45) is 0 Å². The fraction of sp³-hybridized carbons (Fsp3) is 0.200. The highest BCUT2D eigenvalue weighted by Crippen LogP contribution is 2.28. The van der Waals surface area contributed by atoms with Crippen molar-refractivity contribution < 1.29 is 0 Å². The number of benzene rings is 1. The highest BCUT2D eigenvalue weighted by atomic mass is 31.1. The van der Waals surface area contributed by atoms with Crippen LogP contribution in [0.2, 0.25) is 0 Å². The molecule has 2 aromatic rings. The number of nitrogens with zero attached hydrogens (tertiary/aromatic N) is 2. The lowest BCUT2D eigenvalue weighted by Gasteiger charge is -2.07. The first-order chi connectivity index (χ1) is 7.59. The average Bonchev–Trinajstić information content (AvgIpc) is 2.54. The van der Waals surface area contributed by atoms with Crippen molar-refractivity contribution in [1.29, 1.82) is 0 Å². The van der Waals surface area contributed by atoms with Crippen LogP contribution < -0.4 is 5.73 Å². The molecule has 86 valence electrons. The molecule has 2 N–H and O–H groups in total. The lowest BCUT2D eigenvalue weighted by atomic mass is 10.1. The van der Waals surface area contributed by atoms with Gasteiger partial charge in [-0.05, 0) is 27.4 Å². The third kappa shape index (κ3) is 2.39. The van der Waals surface area contributed by atoms with Gasteiger partial charge >= 0.3 is 0 Å². The van der Waals surface area contributed by atoms with E-state index in [2.05, 4.69) is 40.4 Å². The van der Waals surface area contributed by atoms with Crippen LogP contribution >= 0.6 is 28.2 Å². The Labute approximate surface area is 103 Å². The number of rotatable bonds is 3. The van der Waals surface area contributed by atoms with Crippen LogP contribution in [0.4, 0.5) is 5.69 Å². The molecule has 16 heavy (non-hydrogen) atoms. The van der Waals surface area contributed by atoms with Crippen LogP contribution in [-0.4, -0.2) is 15.3 Å². The van der Waals surface area contributed by atoms with Crippen LogP contribution in [0.5, 0.6) is 0 Å². The number of nitrogens with two attached hydrogens (primary N) is 1. The fourth-order valence-electron chi connectivity index (χ4n) is 1.86. The zero-order valence-corrected chi connectivity index (χ0v) is 12.4. The molecule has 0 saturated carbocycles. The summed E-state index contributed by atoms with van der Waals surface area (Å²) in [7, 11) is 7.97. The summed E-state index contributed by atoms with van der Waals surface area (Å²) in [6.45, 7) is 0.980.